The lowest BCUT2D eigenvalue weighted by molar-refractivity contribution is -0.169. The minimum atomic E-state index is -1.66. The van der Waals surface area contributed by atoms with Gasteiger partial charge in [-0.15, -0.1) is 0 Å². The molecule has 3 amide bonds. The highest BCUT2D eigenvalue weighted by molar-refractivity contribution is 6.09. The second-order valence-electron chi connectivity index (χ2n) is 10.2. The molecule has 1 aliphatic carbocycles. The third kappa shape index (κ3) is 4.86. The van der Waals surface area contributed by atoms with E-state index >= 15 is 0 Å². The van der Waals surface area contributed by atoms with Crippen molar-refractivity contribution in [2.45, 2.75) is 58.1 Å². The Labute approximate surface area is 202 Å². The molecule has 0 radical (unpaired) electrons. The van der Waals surface area contributed by atoms with Gasteiger partial charge in [0.15, 0.2) is 0 Å². The number of carbonyl (C=O) groups is 3. The summed E-state index contributed by atoms with van der Waals surface area (Å²) in [6.45, 7) is 8.15. The van der Waals surface area contributed by atoms with Crippen LogP contribution in [-0.2, 0) is 23.9 Å². The van der Waals surface area contributed by atoms with Crippen molar-refractivity contribution in [1.29, 1.82) is 0 Å². The second kappa shape index (κ2) is 10.5. The molecular weight excluding hydrogens is 436 g/mol. The molecule has 3 aliphatic rings. The van der Waals surface area contributed by atoms with Crippen molar-refractivity contribution in [2.24, 2.45) is 11.3 Å². The summed E-state index contributed by atoms with van der Waals surface area (Å²) in [4.78, 5) is 43.3. The Morgan fingerprint density at radius 3 is 2.71 bits per heavy atom. The number of hydrogen-bond acceptors (Lipinski definition) is 6. The SMILES string of the molecule is COCCCN1C(=O)C(C)(C(=O)N(C)C)OC2=C1CC(C(=O)N[C@@H]1CCCNC1)(C(C)C)C=C2. The average molecular weight is 477 g/mol. The number of rotatable bonds is 8. The van der Waals surface area contributed by atoms with Crippen molar-refractivity contribution in [3.8, 4) is 0 Å². The minimum absolute atomic E-state index is 0.0120. The highest BCUT2D eigenvalue weighted by Crippen LogP contribution is 2.45. The van der Waals surface area contributed by atoms with E-state index in [1.807, 2.05) is 19.9 Å². The molecular formula is C25H40N4O5. The Bertz CT molecular complexity index is 861. The maximum absolute atomic E-state index is 13.7. The molecule has 34 heavy (non-hydrogen) atoms. The Hall–Kier alpha value is -2.39. The summed E-state index contributed by atoms with van der Waals surface area (Å²) in [5, 5.41) is 6.57. The summed E-state index contributed by atoms with van der Waals surface area (Å²) < 4.78 is 11.3. The van der Waals surface area contributed by atoms with Gasteiger partial charge in [0, 0.05) is 53.4 Å². The van der Waals surface area contributed by atoms with Crippen LogP contribution < -0.4 is 10.6 Å². The average Bonchev–Trinajstić information content (AvgIpc) is 2.81. The predicted octanol–water partition coefficient (Wildman–Crippen LogP) is 1.41. The Kier molecular flexibility index (Phi) is 8.08. The van der Waals surface area contributed by atoms with Gasteiger partial charge in [0.05, 0.1) is 11.1 Å². The smallest absolute Gasteiger partial charge is 0.280 e. The summed E-state index contributed by atoms with van der Waals surface area (Å²) in [5.74, 6) is -0.413. The number of ether oxygens (including phenoxy) is 2. The molecule has 0 aromatic carbocycles. The number of methoxy groups -OCH3 is 1. The number of likely N-dealkylation sites (N-methyl/N-ethyl adjacent to an activating group) is 1. The number of allylic oxidation sites excluding steroid dienone is 2. The van der Waals surface area contributed by atoms with Crippen LogP contribution in [-0.4, -0.2) is 86.6 Å². The first-order chi connectivity index (χ1) is 16.1. The van der Waals surface area contributed by atoms with Crippen LogP contribution in [0.1, 0.15) is 46.5 Å². The lowest BCUT2D eigenvalue weighted by atomic mass is 9.69. The molecule has 2 unspecified atom stereocenters. The van der Waals surface area contributed by atoms with Crippen molar-refractivity contribution in [1.82, 2.24) is 20.4 Å². The van der Waals surface area contributed by atoms with Gasteiger partial charge in [-0.25, -0.2) is 0 Å². The highest BCUT2D eigenvalue weighted by Gasteiger charge is 2.54. The fourth-order valence-corrected chi connectivity index (χ4v) is 4.98. The first kappa shape index (κ1) is 26.2. The van der Waals surface area contributed by atoms with E-state index in [0.29, 0.717) is 37.4 Å². The van der Waals surface area contributed by atoms with Gasteiger partial charge in [-0.1, -0.05) is 19.9 Å². The molecule has 0 aromatic rings. The van der Waals surface area contributed by atoms with E-state index in [9.17, 15) is 14.4 Å². The maximum Gasteiger partial charge on any atom is 0.280 e. The number of nitrogens with one attached hydrogen (secondary N) is 2. The summed E-state index contributed by atoms with van der Waals surface area (Å²) >= 11 is 0. The van der Waals surface area contributed by atoms with Crippen molar-refractivity contribution < 1.29 is 23.9 Å². The van der Waals surface area contributed by atoms with Gasteiger partial charge in [-0.2, -0.15) is 0 Å². The van der Waals surface area contributed by atoms with Crippen LogP contribution in [0.5, 0.6) is 0 Å². The summed E-state index contributed by atoms with van der Waals surface area (Å²) in [6.07, 6.45) is 6.57. The van der Waals surface area contributed by atoms with Gasteiger partial charge < -0.3 is 29.9 Å². The molecule has 9 heteroatoms. The van der Waals surface area contributed by atoms with E-state index in [0.717, 1.165) is 25.9 Å². The minimum Gasteiger partial charge on any atom is -0.466 e. The normalized spacial score (nSPS) is 29.1. The van der Waals surface area contributed by atoms with E-state index in [1.165, 1.54) is 11.8 Å². The van der Waals surface area contributed by atoms with Crippen LogP contribution in [0.25, 0.3) is 0 Å². The molecule has 1 fully saturated rings. The number of piperidine rings is 1. The van der Waals surface area contributed by atoms with Crippen molar-refractivity contribution >= 4 is 17.7 Å². The van der Waals surface area contributed by atoms with E-state index in [2.05, 4.69) is 10.6 Å². The molecule has 0 bridgehead atoms. The lowest BCUT2D eigenvalue weighted by Crippen LogP contribution is -2.61. The topological polar surface area (TPSA) is 100 Å². The summed E-state index contributed by atoms with van der Waals surface area (Å²) in [7, 11) is 4.83. The monoisotopic (exact) mass is 476 g/mol. The number of nitrogens with zero attached hydrogens (tertiary/aromatic N) is 2. The van der Waals surface area contributed by atoms with E-state index in [4.69, 9.17) is 9.47 Å². The molecule has 0 spiro atoms. The quantitative estimate of drug-likeness (QED) is 0.406. The molecule has 0 saturated carbocycles. The Balaban J connectivity index is 1.95. The molecule has 2 N–H and O–H groups in total. The van der Waals surface area contributed by atoms with Gasteiger partial charge in [-0.05, 0) is 44.7 Å². The molecule has 0 aromatic heterocycles. The van der Waals surface area contributed by atoms with Crippen LogP contribution >= 0.6 is 0 Å². The summed E-state index contributed by atoms with van der Waals surface area (Å²) in [6, 6.07) is 0.0868. The zero-order valence-electron chi connectivity index (χ0n) is 21.4. The van der Waals surface area contributed by atoms with Crippen LogP contribution in [0.2, 0.25) is 0 Å². The maximum atomic E-state index is 13.7. The molecule has 3 rings (SSSR count). The van der Waals surface area contributed by atoms with Crippen molar-refractivity contribution in [3.05, 3.63) is 23.6 Å². The zero-order valence-corrected chi connectivity index (χ0v) is 21.4. The fourth-order valence-electron chi connectivity index (χ4n) is 4.98. The largest absolute Gasteiger partial charge is 0.466 e. The molecule has 1 saturated heterocycles. The molecule has 3 atom stereocenters. The van der Waals surface area contributed by atoms with Crippen LogP contribution in [0.4, 0.5) is 0 Å². The third-order valence-electron chi connectivity index (χ3n) is 7.20. The number of carbonyl (C=O) groups excluding carboxylic acids is 3. The molecule has 2 heterocycles. The van der Waals surface area contributed by atoms with Crippen molar-refractivity contribution in [2.75, 3.05) is 47.4 Å². The third-order valence-corrected chi connectivity index (χ3v) is 7.20. The highest BCUT2D eigenvalue weighted by atomic mass is 16.5. The van der Waals surface area contributed by atoms with E-state index < -0.39 is 22.8 Å². The first-order valence-electron chi connectivity index (χ1n) is 12.2. The molecule has 9 nitrogen and oxygen atoms in total. The lowest BCUT2D eigenvalue weighted by Gasteiger charge is -2.46. The van der Waals surface area contributed by atoms with Gasteiger partial charge in [0.1, 0.15) is 5.76 Å². The zero-order chi connectivity index (χ0) is 25.1. The van der Waals surface area contributed by atoms with Gasteiger partial charge in [-0.3, -0.25) is 14.4 Å². The summed E-state index contributed by atoms with van der Waals surface area (Å²) in [5.41, 5.74) is -1.83. The number of amides is 3. The van der Waals surface area contributed by atoms with Crippen LogP contribution in [0.3, 0.4) is 0 Å². The van der Waals surface area contributed by atoms with Crippen LogP contribution in [0, 0.1) is 11.3 Å². The second-order valence-corrected chi connectivity index (χ2v) is 10.2. The predicted molar refractivity (Wildman–Crippen MR) is 128 cm³/mol. The van der Waals surface area contributed by atoms with E-state index in [-0.39, 0.29) is 17.9 Å². The number of hydrogen-bond donors (Lipinski definition) is 2. The van der Waals surface area contributed by atoms with Crippen molar-refractivity contribution in [3.63, 3.8) is 0 Å². The van der Waals surface area contributed by atoms with Gasteiger partial charge in [0.25, 0.3) is 17.4 Å². The molecule has 2 aliphatic heterocycles. The Morgan fingerprint density at radius 1 is 1.38 bits per heavy atom. The van der Waals surface area contributed by atoms with Gasteiger partial charge >= 0.3 is 0 Å². The van der Waals surface area contributed by atoms with Crippen LogP contribution in [0.15, 0.2) is 23.6 Å². The molecule has 190 valence electrons. The van der Waals surface area contributed by atoms with Gasteiger partial charge in [0.2, 0.25) is 5.91 Å². The van der Waals surface area contributed by atoms with E-state index in [1.54, 1.807) is 32.2 Å². The Morgan fingerprint density at radius 2 is 2.12 bits per heavy atom. The standard InChI is InChI=1S/C25H40N4O5/c1-17(2)25(21(30)27-18-9-7-12-26-16-18)11-10-20-19(15-25)29(13-8-14-33-6)23(32)24(3,34-20)22(31)28(4)5/h10-11,17-18,26H,7-9,12-16H2,1-6H3,(H,27,30)/t18-,24?,25?/m1/s1. The fraction of sp³-hybridized carbons (Fsp3) is 0.720. The first-order valence-corrected chi connectivity index (χ1v) is 12.2.